The summed E-state index contributed by atoms with van der Waals surface area (Å²) >= 11 is 5.96. The Kier molecular flexibility index (Phi) is 2.11. The Labute approximate surface area is 98.2 Å². The maximum absolute atomic E-state index is 11.3. The first-order chi connectivity index (χ1) is 7.74. The fourth-order valence-electron chi connectivity index (χ4n) is 2.20. The highest BCUT2D eigenvalue weighted by Crippen LogP contribution is 2.31. The summed E-state index contributed by atoms with van der Waals surface area (Å²) in [6.07, 6.45) is 1.37. The predicted octanol–water partition coefficient (Wildman–Crippen LogP) is 3.38. The van der Waals surface area contributed by atoms with Crippen LogP contribution < -0.4 is 5.32 Å². The molecule has 0 atom stereocenters. The quantitative estimate of drug-likeness (QED) is 0.740. The third-order valence-electron chi connectivity index (χ3n) is 2.97. The molecule has 1 aliphatic heterocycles. The zero-order chi connectivity index (χ0) is 11.1. The summed E-state index contributed by atoms with van der Waals surface area (Å²) in [4.78, 5) is 11.3. The molecule has 3 rings (SSSR count). The maximum Gasteiger partial charge on any atom is 0.224 e. The molecule has 3 heteroatoms. The second kappa shape index (κ2) is 3.49. The fraction of sp³-hybridized carbons (Fsp3) is 0.154. The minimum Gasteiger partial charge on any atom is -0.326 e. The maximum atomic E-state index is 11.3. The molecule has 0 aromatic heterocycles. The van der Waals surface area contributed by atoms with E-state index in [9.17, 15) is 4.79 Å². The molecule has 0 saturated heterocycles. The number of carbonyl (C=O) groups excluding carboxylic acids is 1. The summed E-state index contributed by atoms with van der Waals surface area (Å²) in [6, 6.07) is 9.80. The number of anilines is 1. The molecule has 0 fully saturated rings. The minimum absolute atomic E-state index is 0.0980. The van der Waals surface area contributed by atoms with E-state index in [-0.39, 0.29) is 5.91 Å². The zero-order valence-electron chi connectivity index (χ0n) is 8.59. The third-order valence-corrected chi connectivity index (χ3v) is 3.20. The van der Waals surface area contributed by atoms with E-state index in [4.69, 9.17) is 11.6 Å². The SMILES string of the molecule is O=C1CCc2c(ccc3cc(Cl)ccc23)N1. The van der Waals surface area contributed by atoms with E-state index in [0.29, 0.717) is 6.42 Å². The molecule has 0 bridgehead atoms. The molecule has 2 nitrogen and oxygen atoms in total. The fourth-order valence-corrected chi connectivity index (χ4v) is 2.38. The van der Waals surface area contributed by atoms with Crippen molar-refractivity contribution in [1.29, 1.82) is 0 Å². The lowest BCUT2D eigenvalue weighted by molar-refractivity contribution is -0.116. The van der Waals surface area contributed by atoms with Gasteiger partial charge in [-0.25, -0.2) is 0 Å². The van der Waals surface area contributed by atoms with Crippen LogP contribution in [0.5, 0.6) is 0 Å². The highest BCUT2D eigenvalue weighted by atomic mass is 35.5. The van der Waals surface area contributed by atoms with Crippen LogP contribution in [-0.4, -0.2) is 5.91 Å². The van der Waals surface area contributed by atoms with Crippen LogP contribution in [0, 0.1) is 0 Å². The third kappa shape index (κ3) is 1.46. The largest absolute Gasteiger partial charge is 0.326 e. The summed E-state index contributed by atoms with van der Waals surface area (Å²) in [5.41, 5.74) is 2.15. The van der Waals surface area contributed by atoms with Crippen molar-refractivity contribution in [2.24, 2.45) is 0 Å². The number of hydrogen-bond donors (Lipinski definition) is 1. The first-order valence-electron chi connectivity index (χ1n) is 5.25. The smallest absolute Gasteiger partial charge is 0.224 e. The van der Waals surface area contributed by atoms with E-state index in [1.165, 1.54) is 10.9 Å². The molecule has 0 aliphatic carbocycles. The second-order valence-electron chi connectivity index (χ2n) is 4.01. The van der Waals surface area contributed by atoms with Crippen molar-refractivity contribution in [3.8, 4) is 0 Å². The number of fused-ring (bicyclic) bond motifs is 3. The van der Waals surface area contributed by atoms with Crippen LogP contribution in [0.2, 0.25) is 5.02 Å². The van der Waals surface area contributed by atoms with Crippen LogP contribution >= 0.6 is 11.6 Å². The Morgan fingerprint density at radius 3 is 2.88 bits per heavy atom. The molecule has 1 heterocycles. The topological polar surface area (TPSA) is 29.1 Å². The highest BCUT2D eigenvalue weighted by molar-refractivity contribution is 6.31. The van der Waals surface area contributed by atoms with Crippen LogP contribution in [0.3, 0.4) is 0 Å². The van der Waals surface area contributed by atoms with Gasteiger partial charge in [0, 0.05) is 17.1 Å². The summed E-state index contributed by atoms with van der Waals surface area (Å²) in [6.45, 7) is 0. The Bertz CT molecular complexity index is 592. The monoisotopic (exact) mass is 231 g/mol. The molecule has 1 aliphatic rings. The standard InChI is InChI=1S/C13H10ClNO/c14-9-2-3-10-8(7-9)1-5-12-11(10)4-6-13(16)15-12/h1-3,5,7H,4,6H2,(H,15,16). The van der Waals surface area contributed by atoms with Crippen molar-refractivity contribution in [3.05, 3.63) is 40.9 Å². The average molecular weight is 232 g/mol. The van der Waals surface area contributed by atoms with Gasteiger partial charge in [0.2, 0.25) is 5.91 Å². The summed E-state index contributed by atoms with van der Waals surface area (Å²) in [5.74, 6) is 0.0980. The summed E-state index contributed by atoms with van der Waals surface area (Å²) in [5, 5.41) is 5.95. The molecular formula is C13H10ClNO. The molecule has 1 amide bonds. The zero-order valence-corrected chi connectivity index (χ0v) is 9.34. The molecule has 2 aromatic carbocycles. The van der Waals surface area contributed by atoms with Crippen LogP contribution in [0.25, 0.3) is 10.8 Å². The number of carbonyl (C=O) groups is 1. The first kappa shape index (κ1) is 9.67. The number of rotatable bonds is 0. The van der Waals surface area contributed by atoms with Gasteiger partial charge in [-0.05, 0) is 41.0 Å². The van der Waals surface area contributed by atoms with E-state index >= 15 is 0 Å². The van der Waals surface area contributed by atoms with Crippen molar-refractivity contribution in [3.63, 3.8) is 0 Å². The molecular weight excluding hydrogens is 222 g/mol. The molecule has 80 valence electrons. The van der Waals surface area contributed by atoms with E-state index in [1.807, 2.05) is 30.3 Å². The number of hydrogen-bond acceptors (Lipinski definition) is 1. The lowest BCUT2D eigenvalue weighted by atomic mass is 9.96. The number of nitrogens with one attached hydrogen (secondary N) is 1. The van der Waals surface area contributed by atoms with Gasteiger partial charge in [0.15, 0.2) is 0 Å². The molecule has 2 aromatic rings. The lowest BCUT2D eigenvalue weighted by Crippen LogP contribution is -2.18. The minimum atomic E-state index is 0.0980. The number of halogens is 1. The van der Waals surface area contributed by atoms with Crippen molar-refractivity contribution in [2.45, 2.75) is 12.8 Å². The Balaban J connectivity index is 2.28. The number of benzene rings is 2. The van der Waals surface area contributed by atoms with Crippen LogP contribution in [-0.2, 0) is 11.2 Å². The number of aryl methyl sites for hydroxylation is 1. The van der Waals surface area contributed by atoms with Gasteiger partial charge in [0.05, 0.1) is 0 Å². The van der Waals surface area contributed by atoms with Crippen molar-refractivity contribution in [1.82, 2.24) is 0 Å². The first-order valence-corrected chi connectivity index (χ1v) is 5.63. The predicted molar refractivity (Wildman–Crippen MR) is 65.9 cm³/mol. The highest BCUT2D eigenvalue weighted by Gasteiger charge is 2.16. The van der Waals surface area contributed by atoms with E-state index in [0.717, 1.165) is 22.5 Å². The van der Waals surface area contributed by atoms with Crippen LogP contribution in [0.15, 0.2) is 30.3 Å². The van der Waals surface area contributed by atoms with E-state index < -0.39 is 0 Å². The van der Waals surface area contributed by atoms with Crippen molar-refractivity contribution >= 4 is 34.0 Å². The molecule has 0 unspecified atom stereocenters. The Hall–Kier alpha value is -1.54. The molecule has 0 radical (unpaired) electrons. The normalized spacial score (nSPS) is 14.7. The van der Waals surface area contributed by atoms with Gasteiger partial charge in [-0.1, -0.05) is 23.7 Å². The van der Waals surface area contributed by atoms with E-state index in [1.54, 1.807) is 0 Å². The van der Waals surface area contributed by atoms with E-state index in [2.05, 4.69) is 5.32 Å². The second-order valence-corrected chi connectivity index (χ2v) is 4.44. The summed E-state index contributed by atoms with van der Waals surface area (Å²) in [7, 11) is 0. The van der Waals surface area contributed by atoms with Crippen LogP contribution in [0.4, 0.5) is 5.69 Å². The molecule has 16 heavy (non-hydrogen) atoms. The van der Waals surface area contributed by atoms with Crippen molar-refractivity contribution in [2.75, 3.05) is 5.32 Å². The van der Waals surface area contributed by atoms with Gasteiger partial charge >= 0.3 is 0 Å². The number of amides is 1. The Morgan fingerprint density at radius 1 is 1.12 bits per heavy atom. The Morgan fingerprint density at radius 2 is 2.00 bits per heavy atom. The lowest BCUT2D eigenvalue weighted by Gasteiger charge is -2.18. The summed E-state index contributed by atoms with van der Waals surface area (Å²) < 4.78 is 0. The molecule has 1 N–H and O–H groups in total. The van der Waals surface area contributed by atoms with Gasteiger partial charge < -0.3 is 5.32 Å². The average Bonchev–Trinajstić information content (AvgIpc) is 2.28. The van der Waals surface area contributed by atoms with Gasteiger partial charge in [0.25, 0.3) is 0 Å². The van der Waals surface area contributed by atoms with Gasteiger partial charge in [-0.15, -0.1) is 0 Å². The van der Waals surface area contributed by atoms with Gasteiger partial charge in [-0.2, -0.15) is 0 Å². The van der Waals surface area contributed by atoms with Gasteiger partial charge in [0.1, 0.15) is 0 Å². The molecule has 0 saturated carbocycles. The van der Waals surface area contributed by atoms with Crippen LogP contribution in [0.1, 0.15) is 12.0 Å². The van der Waals surface area contributed by atoms with Gasteiger partial charge in [-0.3, -0.25) is 4.79 Å². The molecule has 0 spiro atoms. The van der Waals surface area contributed by atoms with Crippen molar-refractivity contribution < 1.29 is 4.79 Å².